The van der Waals surface area contributed by atoms with Crippen molar-refractivity contribution in [2.24, 2.45) is 11.7 Å². The van der Waals surface area contributed by atoms with Crippen LogP contribution in [0.5, 0.6) is 0 Å². The van der Waals surface area contributed by atoms with Gasteiger partial charge in [-0.1, -0.05) is 13.8 Å². The molecule has 0 unspecified atom stereocenters. The molecule has 0 aromatic carbocycles. The number of hydrogen-bond donors (Lipinski definition) is 3. The van der Waals surface area contributed by atoms with Crippen molar-refractivity contribution in [3.63, 3.8) is 0 Å². The molecule has 18 heavy (non-hydrogen) atoms. The minimum absolute atomic E-state index is 0.0533. The molecule has 1 heterocycles. The van der Waals surface area contributed by atoms with Crippen LogP contribution in [-0.4, -0.2) is 28.0 Å². The number of carboxylic acid groups (broad SMARTS) is 1. The third-order valence-electron chi connectivity index (χ3n) is 2.47. The van der Waals surface area contributed by atoms with Crippen molar-refractivity contribution < 1.29 is 14.7 Å². The zero-order valence-electron chi connectivity index (χ0n) is 10.6. The predicted molar refractivity (Wildman–Crippen MR) is 68.5 cm³/mol. The molecule has 0 saturated heterocycles. The summed E-state index contributed by atoms with van der Waals surface area (Å²) in [5, 5.41) is 12.1. The van der Waals surface area contributed by atoms with Gasteiger partial charge in [-0.3, -0.25) is 4.79 Å². The van der Waals surface area contributed by atoms with Crippen LogP contribution in [0.4, 0.5) is 0 Å². The number of nitrogens with zero attached hydrogens (tertiary/aromatic N) is 1. The average molecular weight is 271 g/mol. The standard InChI is InChI=1S/C11H17N3O3S/c1-5(2)8(12)10(15)13-4-7-14-6(3)9(18-7)11(16)17/h5,8H,4,12H2,1-3H3,(H,13,15)(H,16,17)/t8-/m0/s1. The second kappa shape index (κ2) is 5.92. The van der Waals surface area contributed by atoms with E-state index in [4.69, 9.17) is 10.8 Å². The van der Waals surface area contributed by atoms with E-state index in [9.17, 15) is 9.59 Å². The fraction of sp³-hybridized carbons (Fsp3) is 0.545. The molecule has 0 bridgehead atoms. The van der Waals surface area contributed by atoms with Crippen molar-refractivity contribution in [3.8, 4) is 0 Å². The van der Waals surface area contributed by atoms with E-state index < -0.39 is 12.0 Å². The van der Waals surface area contributed by atoms with Gasteiger partial charge in [-0.2, -0.15) is 0 Å². The van der Waals surface area contributed by atoms with Gasteiger partial charge in [-0.05, 0) is 12.8 Å². The Morgan fingerprint density at radius 2 is 2.11 bits per heavy atom. The molecule has 6 nitrogen and oxygen atoms in total. The Bertz CT molecular complexity index is 456. The lowest BCUT2D eigenvalue weighted by Crippen LogP contribution is -2.43. The highest BCUT2D eigenvalue weighted by molar-refractivity contribution is 7.13. The summed E-state index contributed by atoms with van der Waals surface area (Å²) >= 11 is 1.06. The molecule has 1 aromatic heterocycles. The highest BCUT2D eigenvalue weighted by atomic mass is 32.1. The van der Waals surface area contributed by atoms with Crippen LogP contribution in [0, 0.1) is 12.8 Å². The van der Waals surface area contributed by atoms with Crippen molar-refractivity contribution in [2.45, 2.75) is 33.4 Å². The maximum atomic E-state index is 11.6. The van der Waals surface area contributed by atoms with E-state index in [1.807, 2.05) is 13.8 Å². The second-order valence-electron chi connectivity index (χ2n) is 4.31. The molecule has 0 aliphatic rings. The van der Waals surface area contributed by atoms with Crippen LogP contribution in [0.2, 0.25) is 0 Å². The van der Waals surface area contributed by atoms with Crippen LogP contribution in [0.1, 0.15) is 34.2 Å². The summed E-state index contributed by atoms with van der Waals surface area (Å²) in [6.45, 7) is 5.56. The van der Waals surface area contributed by atoms with Crippen LogP contribution in [-0.2, 0) is 11.3 Å². The molecule has 0 radical (unpaired) electrons. The molecule has 1 amide bonds. The fourth-order valence-electron chi connectivity index (χ4n) is 1.31. The molecule has 7 heteroatoms. The van der Waals surface area contributed by atoms with Gasteiger partial charge in [0.05, 0.1) is 18.3 Å². The largest absolute Gasteiger partial charge is 0.477 e. The lowest BCUT2D eigenvalue weighted by atomic mass is 10.1. The Labute approximate surface area is 109 Å². The fourth-order valence-corrected chi connectivity index (χ4v) is 2.15. The number of carbonyl (C=O) groups excluding carboxylic acids is 1. The molecule has 1 atom stereocenters. The van der Waals surface area contributed by atoms with E-state index in [-0.39, 0.29) is 23.2 Å². The van der Waals surface area contributed by atoms with Gasteiger partial charge in [-0.15, -0.1) is 11.3 Å². The second-order valence-corrected chi connectivity index (χ2v) is 5.40. The first-order valence-corrected chi connectivity index (χ1v) is 6.37. The Balaban J connectivity index is 2.62. The van der Waals surface area contributed by atoms with Crippen molar-refractivity contribution in [1.29, 1.82) is 0 Å². The van der Waals surface area contributed by atoms with Gasteiger partial charge in [0.2, 0.25) is 5.91 Å². The third kappa shape index (κ3) is 3.51. The number of amides is 1. The molecule has 100 valence electrons. The maximum absolute atomic E-state index is 11.6. The Kier molecular flexibility index (Phi) is 4.80. The van der Waals surface area contributed by atoms with Gasteiger partial charge in [0.15, 0.2) is 0 Å². The van der Waals surface area contributed by atoms with Crippen molar-refractivity contribution in [1.82, 2.24) is 10.3 Å². The molecular weight excluding hydrogens is 254 g/mol. The Morgan fingerprint density at radius 1 is 1.50 bits per heavy atom. The zero-order chi connectivity index (χ0) is 13.9. The number of carbonyl (C=O) groups is 2. The van der Waals surface area contributed by atoms with Gasteiger partial charge in [0, 0.05) is 0 Å². The van der Waals surface area contributed by atoms with E-state index in [1.165, 1.54) is 0 Å². The van der Waals surface area contributed by atoms with E-state index >= 15 is 0 Å². The molecule has 0 fully saturated rings. The Hall–Kier alpha value is -1.47. The Morgan fingerprint density at radius 3 is 2.56 bits per heavy atom. The number of rotatable bonds is 5. The number of aromatic nitrogens is 1. The molecular formula is C11H17N3O3S. The molecule has 1 aromatic rings. The molecule has 1 rings (SSSR count). The highest BCUT2D eigenvalue weighted by Crippen LogP contribution is 2.17. The van der Waals surface area contributed by atoms with Crippen molar-refractivity contribution >= 4 is 23.2 Å². The third-order valence-corrected chi connectivity index (χ3v) is 3.62. The number of nitrogens with two attached hydrogens (primary N) is 1. The number of hydrogen-bond acceptors (Lipinski definition) is 5. The quantitative estimate of drug-likeness (QED) is 0.733. The highest BCUT2D eigenvalue weighted by Gasteiger charge is 2.18. The number of aromatic carboxylic acids is 1. The van der Waals surface area contributed by atoms with Gasteiger partial charge in [-0.25, -0.2) is 9.78 Å². The van der Waals surface area contributed by atoms with Crippen LogP contribution in [0.25, 0.3) is 0 Å². The summed E-state index contributed by atoms with van der Waals surface area (Å²) in [6.07, 6.45) is 0. The lowest BCUT2D eigenvalue weighted by molar-refractivity contribution is -0.123. The van der Waals surface area contributed by atoms with E-state index in [0.717, 1.165) is 11.3 Å². The zero-order valence-corrected chi connectivity index (χ0v) is 11.4. The number of thiazole rings is 1. The van der Waals surface area contributed by atoms with Crippen molar-refractivity contribution in [2.75, 3.05) is 0 Å². The predicted octanol–water partition coefficient (Wildman–Crippen LogP) is 0.749. The van der Waals surface area contributed by atoms with Crippen LogP contribution in [0.15, 0.2) is 0 Å². The molecule has 0 aliphatic carbocycles. The first kappa shape index (κ1) is 14.6. The van der Waals surface area contributed by atoms with Crippen LogP contribution < -0.4 is 11.1 Å². The van der Waals surface area contributed by atoms with E-state index in [2.05, 4.69) is 10.3 Å². The summed E-state index contributed by atoms with van der Waals surface area (Å²) in [7, 11) is 0. The first-order chi connectivity index (χ1) is 8.32. The number of aryl methyl sites for hydroxylation is 1. The summed E-state index contributed by atoms with van der Waals surface area (Å²) in [5.41, 5.74) is 6.15. The van der Waals surface area contributed by atoms with Gasteiger partial charge in [0.1, 0.15) is 9.88 Å². The van der Waals surface area contributed by atoms with Gasteiger partial charge in [0.25, 0.3) is 0 Å². The monoisotopic (exact) mass is 271 g/mol. The number of nitrogens with one attached hydrogen (secondary N) is 1. The normalized spacial score (nSPS) is 12.5. The molecule has 0 saturated carbocycles. The first-order valence-electron chi connectivity index (χ1n) is 5.55. The SMILES string of the molecule is Cc1nc(CNC(=O)[C@@H](N)C(C)C)sc1C(=O)O. The average Bonchev–Trinajstić information content (AvgIpc) is 2.66. The minimum atomic E-state index is -0.999. The summed E-state index contributed by atoms with van der Waals surface area (Å²) in [4.78, 5) is 26.7. The summed E-state index contributed by atoms with van der Waals surface area (Å²) in [5.74, 6) is -1.20. The molecule has 0 spiro atoms. The molecule has 0 aliphatic heterocycles. The van der Waals surface area contributed by atoms with E-state index in [0.29, 0.717) is 10.7 Å². The van der Waals surface area contributed by atoms with Crippen molar-refractivity contribution in [3.05, 3.63) is 15.6 Å². The van der Waals surface area contributed by atoms with Gasteiger partial charge < -0.3 is 16.2 Å². The van der Waals surface area contributed by atoms with E-state index in [1.54, 1.807) is 6.92 Å². The summed E-state index contributed by atoms with van der Waals surface area (Å²) in [6, 6.07) is -0.565. The lowest BCUT2D eigenvalue weighted by Gasteiger charge is -2.14. The topological polar surface area (TPSA) is 105 Å². The maximum Gasteiger partial charge on any atom is 0.347 e. The number of carboxylic acids is 1. The summed E-state index contributed by atoms with van der Waals surface area (Å²) < 4.78 is 0. The van der Waals surface area contributed by atoms with Crippen LogP contribution >= 0.6 is 11.3 Å². The smallest absolute Gasteiger partial charge is 0.347 e. The van der Waals surface area contributed by atoms with Gasteiger partial charge >= 0.3 is 5.97 Å². The van der Waals surface area contributed by atoms with Crippen LogP contribution in [0.3, 0.4) is 0 Å². The molecule has 4 N–H and O–H groups in total. The minimum Gasteiger partial charge on any atom is -0.477 e.